The predicted octanol–water partition coefficient (Wildman–Crippen LogP) is 5.72. The lowest BCUT2D eigenvalue weighted by Gasteiger charge is -2.14. The smallest absolute Gasteiger partial charge is 0.0530 e. The van der Waals surface area contributed by atoms with Crippen LogP contribution in [0.3, 0.4) is 0 Å². The fraction of sp³-hybridized carbons (Fsp3) is 0.0500. The van der Waals surface area contributed by atoms with E-state index < -0.39 is 0 Å². The van der Waals surface area contributed by atoms with Gasteiger partial charge in [0.1, 0.15) is 0 Å². The zero-order chi connectivity index (χ0) is 15.5. The van der Waals surface area contributed by atoms with E-state index in [0.717, 1.165) is 32.0 Å². The van der Waals surface area contributed by atoms with Gasteiger partial charge in [-0.1, -0.05) is 78.9 Å². The van der Waals surface area contributed by atoms with Crippen LogP contribution in [-0.2, 0) is 0 Å². The van der Waals surface area contributed by atoms with Crippen molar-refractivity contribution in [2.24, 2.45) is 0 Å². The normalized spacial score (nSPS) is 10.5. The Labute approximate surface area is 142 Å². The van der Waals surface area contributed by atoms with Gasteiger partial charge >= 0.3 is 0 Å². The summed E-state index contributed by atoms with van der Waals surface area (Å²) in [6.45, 7) is 2.09. The van der Waals surface area contributed by atoms with Crippen molar-refractivity contribution < 1.29 is 0 Å². The molecule has 0 nitrogen and oxygen atoms in total. The van der Waals surface area contributed by atoms with Crippen LogP contribution in [0.1, 0.15) is 16.7 Å². The molecule has 0 heterocycles. The van der Waals surface area contributed by atoms with E-state index in [1.165, 1.54) is 5.56 Å². The Morgan fingerprint density at radius 2 is 1.27 bits per heavy atom. The summed E-state index contributed by atoms with van der Waals surface area (Å²) in [5, 5.41) is 0. The molecule has 0 atom stereocenters. The van der Waals surface area contributed by atoms with E-state index in [2.05, 4.69) is 49.9 Å². The van der Waals surface area contributed by atoms with Crippen molar-refractivity contribution in [3.63, 3.8) is 0 Å². The Morgan fingerprint density at radius 1 is 0.727 bits per heavy atom. The van der Waals surface area contributed by atoms with E-state index in [1.807, 2.05) is 42.5 Å². The van der Waals surface area contributed by atoms with Crippen molar-refractivity contribution in [2.75, 3.05) is 0 Å². The summed E-state index contributed by atoms with van der Waals surface area (Å²) < 4.78 is 0. The Bertz CT molecular complexity index is 834. The molecule has 0 N–H and O–H groups in total. The summed E-state index contributed by atoms with van der Waals surface area (Å²) in [6.07, 6.45) is 0. The van der Waals surface area contributed by atoms with Gasteiger partial charge in [0.2, 0.25) is 0 Å². The fourth-order valence-corrected chi connectivity index (χ4v) is 3.28. The number of thiocarbonyl (C=S) groups is 1. The second-order valence-corrected chi connectivity index (χ2v) is 6.10. The second-order valence-electron chi connectivity index (χ2n) is 5.21. The van der Waals surface area contributed by atoms with E-state index in [1.54, 1.807) is 0 Å². The van der Waals surface area contributed by atoms with Crippen molar-refractivity contribution >= 4 is 29.7 Å². The van der Waals surface area contributed by atoms with Crippen LogP contribution in [0.15, 0.2) is 77.7 Å². The first-order valence-corrected chi connectivity index (χ1v) is 8.02. The van der Waals surface area contributed by atoms with Crippen LogP contribution < -0.4 is 0 Å². The van der Waals surface area contributed by atoms with Crippen molar-refractivity contribution in [1.82, 2.24) is 0 Å². The minimum Gasteiger partial charge on any atom is -0.143 e. The summed E-state index contributed by atoms with van der Waals surface area (Å²) in [5.74, 6) is 0. The molecule has 0 aliphatic carbocycles. The highest BCUT2D eigenvalue weighted by molar-refractivity contribution is 7.81. The lowest BCUT2D eigenvalue weighted by atomic mass is 9.93. The molecule has 0 saturated carbocycles. The lowest BCUT2D eigenvalue weighted by Crippen LogP contribution is -2.04. The highest BCUT2D eigenvalue weighted by Gasteiger charge is 2.13. The van der Waals surface area contributed by atoms with Crippen LogP contribution in [0.4, 0.5) is 0 Å². The molecule has 0 aromatic heterocycles. The second kappa shape index (κ2) is 6.47. The van der Waals surface area contributed by atoms with Gasteiger partial charge in [0.25, 0.3) is 0 Å². The van der Waals surface area contributed by atoms with Gasteiger partial charge in [-0.05, 0) is 35.2 Å². The van der Waals surface area contributed by atoms with Crippen LogP contribution in [0, 0.1) is 6.92 Å². The number of thiol groups is 1. The molecule has 0 radical (unpaired) electrons. The van der Waals surface area contributed by atoms with Gasteiger partial charge in [-0.2, -0.15) is 0 Å². The molecule has 0 aliphatic heterocycles. The van der Waals surface area contributed by atoms with Crippen LogP contribution in [0.2, 0.25) is 0 Å². The van der Waals surface area contributed by atoms with Crippen LogP contribution >= 0.6 is 24.8 Å². The molecular weight excluding hydrogens is 304 g/mol. The van der Waals surface area contributed by atoms with Gasteiger partial charge in [-0.15, -0.1) is 12.6 Å². The molecule has 108 valence electrons. The molecule has 3 aromatic carbocycles. The van der Waals surface area contributed by atoms with Gasteiger partial charge in [0.05, 0.1) is 4.86 Å². The molecule has 0 bridgehead atoms. The van der Waals surface area contributed by atoms with Crippen molar-refractivity contribution in [2.45, 2.75) is 11.8 Å². The molecule has 0 fully saturated rings. The van der Waals surface area contributed by atoms with Gasteiger partial charge in [0, 0.05) is 10.5 Å². The Morgan fingerprint density at radius 3 is 1.95 bits per heavy atom. The first kappa shape index (κ1) is 15.0. The van der Waals surface area contributed by atoms with Crippen LogP contribution in [-0.4, -0.2) is 4.86 Å². The summed E-state index contributed by atoms with van der Waals surface area (Å²) in [4.78, 5) is 1.84. The number of rotatable bonds is 3. The van der Waals surface area contributed by atoms with Gasteiger partial charge < -0.3 is 0 Å². The van der Waals surface area contributed by atoms with Crippen molar-refractivity contribution in [3.8, 4) is 11.1 Å². The third-order valence-electron chi connectivity index (χ3n) is 3.76. The molecule has 0 unspecified atom stereocenters. The maximum Gasteiger partial charge on any atom is 0.0530 e. The number of hydrogen-bond acceptors (Lipinski definition) is 2. The first-order valence-electron chi connectivity index (χ1n) is 7.16. The van der Waals surface area contributed by atoms with E-state index in [-0.39, 0.29) is 0 Å². The molecule has 3 rings (SSSR count). The highest BCUT2D eigenvalue weighted by Crippen LogP contribution is 2.31. The maximum atomic E-state index is 5.78. The zero-order valence-electron chi connectivity index (χ0n) is 12.3. The molecule has 0 amide bonds. The van der Waals surface area contributed by atoms with Gasteiger partial charge in [-0.3, -0.25) is 0 Å². The molecular formula is C20H16S2. The molecule has 0 spiro atoms. The first-order chi connectivity index (χ1) is 10.7. The van der Waals surface area contributed by atoms with Crippen molar-refractivity contribution in [1.29, 1.82) is 0 Å². The maximum absolute atomic E-state index is 5.78. The number of hydrogen-bond donors (Lipinski definition) is 1. The molecule has 3 aromatic rings. The zero-order valence-corrected chi connectivity index (χ0v) is 14.0. The third kappa shape index (κ3) is 2.85. The summed E-state index contributed by atoms with van der Waals surface area (Å²) >= 11 is 10.4. The van der Waals surface area contributed by atoms with Gasteiger partial charge in [0.15, 0.2) is 0 Å². The fourth-order valence-electron chi connectivity index (χ4n) is 2.59. The van der Waals surface area contributed by atoms with E-state index in [0.29, 0.717) is 0 Å². The minimum absolute atomic E-state index is 0.880. The summed E-state index contributed by atoms with van der Waals surface area (Å²) in [7, 11) is 0. The Balaban J connectivity index is 2.16. The largest absolute Gasteiger partial charge is 0.143 e. The Kier molecular flexibility index (Phi) is 4.41. The predicted molar refractivity (Wildman–Crippen MR) is 101 cm³/mol. The lowest BCUT2D eigenvalue weighted by molar-refractivity contribution is 1.43. The molecule has 0 saturated heterocycles. The SMILES string of the molecule is Cc1ccccc1C(=S)c1ccccc1-c1ccccc1S. The minimum atomic E-state index is 0.880. The van der Waals surface area contributed by atoms with Crippen molar-refractivity contribution in [3.05, 3.63) is 89.5 Å². The van der Waals surface area contributed by atoms with Gasteiger partial charge in [-0.25, -0.2) is 0 Å². The monoisotopic (exact) mass is 320 g/mol. The molecule has 0 aliphatic rings. The topological polar surface area (TPSA) is 0 Å². The van der Waals surface area contributed by atoms with E-state index >= 15 is 0 Å². The van der Waals surface area contributed by atoms with E-state index in [4.69, 9.17) is 12.2 Å². The quantitative estimate of drug-likeness (QED) is 0.366. The summed E-state index contributed by atoms with van der Waals surface area (Å²) in [5.41, 5.74) is 5.62. The molecule has 22 heavy (non-hydrogen) atoms. The molecule has 2 heteroatoms. The average Bonchev–Trinajstić information content (AvgIpc) is 2.55. The standard InChI is InChI=1S/C20H16S2/c1-14-8-2-3-9-15(14)20(22)18-12-5-4-10-16(18)17-11-6-7-13-19(17)21/h2-13,21H,1H3. The third-order valence-corrected chi connectivity index (χ3v) is 4.59. The van der Waals surface area contributed by atoms with Crippen LogP contribution in [0.25, 0.3) is 11.1 Å². The Hall–Kier alpha value is -1.90. The highest BCUT2D eigenvalue weighted by atomic mass is 32.1. The number of aryl methyl sites for hydroxylation is 1. The van der Waals surface area contributed by atoms with E-state index in [9.17, 15) is 0 Å². The van der Waals surface area contributed by atoms with Crippen LogP contribution in [0.5, 0.6) is 0 Å². The average molecular weight is 320 g/mol. The number of benzene rings is 3. The summed E-state index contributed by atoms with van der Waals surface area (Å²) in [6, 6.07) is 24.6.